The molecule has 0 bridgehead atoms. The molecule has 2 heterocycles. The summed E-state index contributed by atoms with van der Waals surface area (Å²) in [5.41, 5.74) is 3.00. The number of fused-ring (bicyclic) bond motifs is 1. The predicted octanol–water partition coefficient (Wildman–Crippen LogP) is 4.35. The first-order valence-electron chi connectivity index (χ1n) is 9.19. The van der Waals surface area contributed by atoms with E-state index >= 15 is 0 Å². The smallest absolute Gasteiger partial charge is 0.255 e. The lowest BCUT2D eigenvalue weighted by Gasteiger charge is -2.30. The van der Waals surface area contributed by atoms with Crippen LogP contribution >= 0.6 is 0 Å². The lowest BCUT2D eigenvalue weighted by atomic mass is 10.0. The number of piperidine rings is 1. The van der Waals surface area contributed by atoms with Crippen molar-refractivity contribution < 1.29 is 4.79 Å². The van der Waals surface area contributed by atoms with E-state index in [0.29, 0.717) is 11.1 Å². The van der Waals surface area contributed by atoms with Gasteiger partial charge < -0.3 is 10.2 Å². The number of benzene rings is 2. The first-order chi connectivity index (χ1) is 13.3. The Bertz CT molecular complexity index is 1010. The number of hydrogen-bond acceptors (Lipinski definition) is 4. The van der Waals surface area contributed by atoms with Gasteiger partial charge in [-0.2, -0.15) is 5.26 Å². The van der Waals surface area contributed by atoms with Gasteiger partial charge in [-0.05, 0) is 61.7 Å². The van der Waals surface area contributed by atoms with E-state index in [2.05, 4.69) is 27.3 Å². The van der Waals surface area contributed by atoms with Gasteiger partial charge in [-0.1, -0.05) is 0 Å². The van der Waals surface area contributed by atoms with E-state index in [4.69, 9.17) is 5.26 Å². The number of hydrogen-bond donors (Lipinski definition) is 1. The maximum atomic E-state index is 12.6. The maximum absolute atomic E-state index is 12.6. The van der Waals surface area contributed by atoms with Crippen molar-refractivity contribution in [3.63, 3.8) is 0 Å². The molecule has 0 unspecified atom stereocenters. The lowest BCUT2D eigenvalue weighted by molar-refractivity contribution is 0.102. The zero-order valence-electron chi connectivity index (χ0n) is 15.0. The summed E-state index contributed by atoms with van der Waals surface area (Å²) in [4.78, 5) is 19.3. The summed E-state index contributed by atoms with van der Waals surface area (Å²) in [7, 11) is 0. The van der Waals surface area contributed by atoms with Crippen molar-refractivity contribution in [2.45, 2.75) is 19.3 Å². The van der Waals surface area contributed by atoms with E-state index in [9.17, 15) is 4.79 Å². The minimum absolute atomic E-state index is 0.199. The van der Waals surface area contributed by atoms with E-state index in [1.165, 1.54) is 24.9 Å². The van der Waals surface area contributed by atoms with Crippen LogP contribution in [0.1, 0.15) is 35.2 Å². The molecule has 5 nitrogen and oxygen atoms in total. The number of anilines is 2. The summed E-state index contributed by atoms with van der Waals surface area (Å²) in [6.45, 7) is 2.13. The molecule has 1 saturated heterocycles. The van der Waals surface area contributed by atoms with Crippen molar-refractivity contribution in [1.82, 2.24) is 4.98 Å². The quantitative estimate of drug-likeness (QED) is 0.757. The van der Waals surface area contributed by atoms with Gasteiger partial charge in [-0.3, -0.25) is 9.78 Å². The van der Waals surface area contributed by atoms with Gasteiger partial charge in [0, 0.05) is 47.5 Å². The Kier molecular flexibility index (Phi) is 4.71. The van der Waals surface area contributed by atoms with Crippen molar-refractivity contribution in [1.29, 1.82) is 5.26 Å². The molecule has 0 atom stereocenters. The molecule has 0 saturated carbocycles. The van der Waals surface area contributed by atoms with Crippen LogP contribution in [-0.2, 0) is 0 Å². The first kappa shape index (κ1) is 17.0. The Hall–Kier alpha value is -3.39. The Morgan fingerprint density at radius 3 is 2.52 bits per heavy atom. The van der Waals surface area contributed by atoms with E-state index in [-0.39, 0.29) is 5.91 Å². The maximum Gasteiger partial charge on any atom is 0.255 e. The molecule has 3 aromatic rings. The zero-order chi connectivity index (χ0) is 18.6. The molecule has 5 heteroatoms. The second kappa shape index (κ2) is 7.46. The molecule has 0 radical (unpaired) electrons. The van der Waals surface area contributed by atoms with Gasteiger partial charge in [0.2, 0.25) is 0 Å². The zero-order valence-corrected chi connectivity index (χ0v) is 15.0. The normalized spacial score (nSPS) is 14.0. The largest absolute Gasteiger partial charge is 0.371 e. The molecule has 1 aliphatic rings. The van der Waals surface area contributed by atoms with Gasteiger partial charge in [0.25, 0.3) is 5.91 Å². The highest BCUT2D eigenvalue weighted by atomic mass is 16.1. The van der Waals surface area contributed by atoms with Crippen molar-refractivity contribution in [3.8, 4) is 6.07 Å². The van der Waals surface area contributed by atoms with Crippen LogP contribution in [0.15, 0.2) is 54.9 Å². The SMILES string of the molecule is N#Cc1ccc(C(=O)Nc2ccc(N3CCCCC3)c3ccncc23)cc1. The molecule has 134 valence electrons. The molecule has 0 spiro atoms. The van der Waals surface area contributed by atoms with E-state index < -0.39 is 0 Å². The summed E-state index contributed by atoms with van der Waals surface area (Å²) in [6, 6.07) is 14.7. The van der Waals surface area contributed by atoms with Gasteiger partial charge in [0.15, 0.2) is 0 Å². The molecule has 0 aliphatic carbocycles. The molecule has 4 rings (SSSR count). The highest BCUT2D eigenvalue weighted by Crippen LogP contribution is 2.33. The standard InChI is InChI=1S/C22H20N4O/c23-14-16-4-6-17(7-5-16)22(27)25-20-8-9-21(26-12-2-1-3-13-26)18-10-11-24-15-19(18)20/h4-11,15H,1-3,12-13H2,(H,25,27). The first-order valence-corrected chi connectivity index (χ1v) is 9.19. The van der Waals surface area contributed by atoms with Crippen molar-refractivity contribution >= 4 is 28.1 Å². The predicted molar refractivity (Wildman–Crippen MR) is 107 cm³/mol. The van der Waals surface area contributed by atoms with Gasteiger partial charge in [-0.15, -0.1) is 0 Å². The number of rotatable bonds is 3. The average Bonchev–Trinajstić information content (AvgIpc) is 2.74. The van der Waals surface area contributed by atoms with Crippen molar-refractivity contribution in [2.75, 3.05) is 23.3 Å². The number of carbonyl (C=O) groups excluding carboxylic acids is 1. The highest BCUT2D eigenvalue weighted by Gasteiger charge is 2.16. The van der Waals surface area contributed by atoms with Crippen LogP contribution in [0.2, 0.25) is 0 Å². The van der Waals surface area contributed by atoms with E-state index in [1.54, 1.807) is 36.7 Å². The minimum Gasteiger partial charge on any atom is -0.371 e. The minimum atomic E-state index is -0.199. The summed E-state index contributed by atoms with van der Waals surface area (Å²) < 4.78 is 0. The van der Waals surface area contributed by atoms with Gasteiger partial charge >= 0.3 is 0 Å². The van der Waals surface area contributed by atoms with Crippen molar-refractivity contribution in [3.05, 3.63) is 66.0 Å². The molecule has 1 N–H and O–H groups in total. The number of amides is 1. The topological polar surface area (TPSA) is 69.0 Å². The molecule has 1 amide bonds. The van der Waals surface area contributed by atoms with Crippen LogP contribution in [0.25, 0.3) is 10.8 Å². The number of pyridine rings is 1. The Morgan fingerprint density at radius 2 is 1.78 bits per heavy atom. The van der Waals surface area contributed by atoms with Crippen LogP contribution in [0, 0.1) is 11.3 Å². The highest BCUT2D eigenvalue weighted by molar-refractivity contribution is 6.11. The van der Waals surface area contributed by atoms with E-state index in [0.717, 1.165) is 29.5 Å². The summed E-state index contributed by atoms with van der Waals surface area (Å²) in [5.74, 6) is -0.199. The number of aromatic nitrogens is 1. The van der Waals surface area contributed by atoms with Gasteiger partial charge in [0.1, 0.15) is 0 Å². The third-order valence-electron chi connectivity index (χ3n) is 5.02. The third kappa shape index (κ3) is 3.47. The molecule has 27 heavy (non-hydrogen) atoms. The third-order valence-corrected chi connectivity index (χ3v) is 5.02. The molecule has 1 fully saturated rings. The Labute approximate surface area is 158 Å². The monoisotopic (exact) mass is 356 g/mol. The second-order valence-corrected chi connectivity index (χ2v) is 6.74. The number of nitriles is 1. The van der Waals surface area contributed by atoms with Crippen molar-refractivity contribution in [2.24, 2.45) is 0 Å². The fourth-order valence-corrected chi connectivity index (χ4v) is 3.58. The lowest BCUT2D eigenvalue weighted by Crippen LogP contribution is -2.29. The number of carbonyl (C=O) groups is 1. The van der Waals surface area contributed by atoms with E-state index in [1.807, 2.05) is 12.1 Å². The van der Waals surface area contributed by atoms with Crippen LogP contribution in [-0.4, -0.2) is 24.0 Å². The number of nitrogens with zero attached hydrogens (tertiary/aromatic N) is 3. The van der Waals surface area contributed by atoms with Gasteiger partial charge in [0.05, 0.1) is 17.3 Å². The van der Waals surface area contributed by atoms with Crippen LogP contribution in [0.5, 0.6) is 0 Å². The number of nitrogens with one attached hydrogen (secondary N) is 1. The van der Waals surface area contributed by atoms with Crippen LogP contribution in [0.3, 0.4) is 0 Å². The Balaban J connectivity index is 1.66. The molecule has 2 aromatic carbocycles. The fraction of sp³-hybridized carbons (Fsp3) is 0.227. The molecular weight excluding hydrogens is 336 g/mol. The summed E-state index contributed by atoms with van der Waals surface area (Å²) >= 11 is 0. The summed E-state index contributed by atoms with van der Waals surface area (Å²) in [6.07, 6.45) is 7.31. The average molecular weight is 356 g/mol. The van der Waals surface area contributed by atoms with Crippen LogP contribution in [0.4, 0.5) is 11.4 Å². The summed E-state index contributed by atoms with van der Waals surface area (Å²) in [5, 5.41) is 13.9. The fourth-order valence-electron chi connectivity index (χ4n) is 3.58. The second-order valence-electron chi connectivity index (χ2n) is 6.74. The van der Waals surface area contributed by atoms with Crippen LogP contribution < -0.4 is 10.2 Å². The Morgan fingerprint density at radius 1 is 1.00 bits per heavy atom. The van der Waals surface area contributed by atoms with Gasteiger partial charge in [-0.25, -0.2) is 0 Å². The molecular formula is C22H20N4O. The molecule has 1 aromatic heterocycles. The molecule has 1 aliphatic heterocycles.